The van der Waals surface area contributed by atoms with Gasteiger partial charge in [0.25, 0.3) is 0 Å². The van der Waals surface area contributed by atoms with Crippen LogP contribution in [0.15, 0.2) is 11.6 Å². The molecule has 2 fully saturated rings. The summed E-state index contributed by atoms with van der Waals surface area (Å²) in [6, 6.07) is 0. The monoisotopic (exact) mass is 298 g/mol. The van der Waals surface area contributed by atoms with Crippen LogP contribution in [0.1, 0.15) is 32.1 Å². The number of aliphatic hydroxyl groups excluding tert-OH is 1. The van der Waals surface area contributed by atoms with Crippen molar-refractivity contribution >= 4 is 5.97 Å². The van der Waals surface area contributed by atoms with Gasteiger partial charge in [0, 0.05) is 20.0 Å². The third-order valence-electron chi connectivity index (χ3n) is 4.61. The first kappa shape index (κ1) is 15.0. The molecule has 3 rings (SSSR count). The number of carbonyl (C=O) groups is 1. The molecule has 0 aromatic rings. The van der Waals surface area contributed by atoms with E-state index in [1.54, 1.807) is 6.08 Å². The van der Waals surface area contributed by atoms with Gasteiger partial charge in [-0.2, -0.15) is 0 Å². The first-order chi connectivity index (χ1) is 10.1. The second-order valence-electron chi connectivity index (χ2n) is 5.90. The zero-order valence-electron chi connectivity index (χ0n) is 12.4. The predicted molar refractivity (Wildman–Crippen MR) is 72.5 cm³/mol. The average molecular weight is 298 g/mol. The maximum atomic E-state index is 11.9. The van der Waals surface area contributed by atoms with Gasteiger partial charge in [0.1, 0.15) is 24.4 Å². The number of fused-ring (bicyclic) bond motifs is 1. The van der Waals surface area contributed by atoms with Crippen molar-refractivity contribution < 1.29 is 28.8 Å². The van der Waals surface area contributed by atoms with Crippen molar-refractivity contribution in [2.75, 3.05) is 14.2 Å². The lowest BCUT2D eigenvalue weighted by Gasteiger charge is -2.33. The van der Waals surface area contributed by atoms with E-state index in [1.165, 1.54) is 20.6 Å². The van der Waals surface area contributed by atoms with Crippen LogP contribution in [0, 0.1) is 0 Å². The molecule has 1 saturated heterocycles. The van der Waals surface area contributed by atoms with Crippen molar-refractivity contribution in [3.8, 4) is 0 Å². The van der Waals surface area contributed by atoms with Crippen LogP contribution in [0.4, 0.5) is 0 Å². The summed E-state index contributed by atoms with van der Waals surface area (Å²) in [5, 5.41) is 10.5. The van der Waals surface area contributed by atoms with E-state index in [4.69, 9.17) is 18.9 Å². The molecule has 1 heterocycles. The molecule has 1 saturated carbocycles. The maximum absolute atomic E-state index is 11.9. The lowest BCUT2D eigenvalue weighted by molar-refractivity contribution is -0.201. The number of hydrogen-bond donors (Lipinski definition) is 1. The van der Waals surface area contributed by atoms with Crippen molar-refractivity contribution in [1.29, 1.82) is 0 Å². The smallest absolute Gasteiger partial charge is 0.336 e. The molecular weight excluding hydrogens is 276 g/mol. The predicted octanol–water partition coefficient (Wildman–Crippen LogP) is 0.920. The highest BCUT2D eigenvalue weighted by molar-refractivity contribution is 5.90. The van der Waals surface area contributed by atoms with Gasteiger partial charge in [-0.25, -0.2) is 4.79 Å². The fourth-order valence-electron chi connectivity index (χ4n) is 3.57. The number of rotatable bonds is 2. The van der Waals surface area contributed by atoms with Gasteiger partial charge in [-0.05, 0) is 18.9 Å². The molecule has 0 amide bonds. The van der Waals surface area contributed by atoms with Gasteiger partial charge in [0.05, 0.1) is 12.7 Å². The van der Waals surface area contributed by atoms with Crippen molar-refractivity contribution in [1.82, 2.24) is 0 Å². The third-order valence-corrected chi connectivity index (χ3v) is 4.61. The Morgan fingerprint density at radius 1 is 1.29 bits per heavy atom. The van der Waals surface area contributed by atoms with Gasteiger partial charge in [0.2, 0.25) is 0 Å². The minimum absolute atomic E-state index is 0.296. The Morgan fingerprint density at radius 2 is 2.00 bits per heavy atom. The summed E-state index contributed by atoms with van der Waals surface area (Å²) in [5.41, 5.74) is 0.296. The molecule has 0 bridgehead atoms. The Kier molecular flexibility index (Phi) is 4.05. The molecule has 0 aromatic carbocycles. The lowest BCUT2D eigenvalue weighted by atomic mass is 9.89. The van der Waals surface area contributed by atoms with Crippen LogP contribution in [0.2, 0.25) is 0 Å². The average Bonchev–Trinajstić information content (AvgIpc) is 2.85. The molecule has 1 aliphatic heterocycles. The second kappa shape index (κ2) is 5.68. The standard InChI is InChI=1S/C15H22O6/c1-18-12-9(14(17)19-2)8-10-13(11(12)16)21-15(20-10)6-4-3-5-7-15/h8,10-13,16H,3-7H2,1-2H3/t10-,11-,12+,13-/m1/s1. The molecule has 1 spiro atoms. The molecule has 21 heavy (non-hydrogen) atoms. The van der Waals surface area contributed by atoms with Crippen LogP contribution >= 0.6 is 0 Å². The second-order valence-corrected chi connectivity index (χ2v) is 5.90. The summed E-state index contributed by atoms with van der Waals surface area (Å²) in [6.07, 6.45) is 3.99. The molecule has 0 unspecified atom stereocenters. The number of carbonyl (C=O) groups excluding carboxylic acids is 1. The fourth-order valence-corrected chi connectivity index (χ4v) is 3.57. The van der Waals surface area contributed by atoms with Gasteiger partial charge in [0.15, 0.2) is 5.79 Å². The summed E-state index contributed by atoms with van der Waals surface area (Å²) >= 11 is 0. The summed E-state index contributed by atoms with van der Waals surface area (Å²) in [5.74, 6) is -1.12. The SMILES string of the molecule is COC(=O)C1=C[C@H]2OC3(CCCCC3)O[C@H]2[C@H](O)[C@H]1OC. The number of ether oxygens (including phenoxy) is 4. The van der Waals surface area contributed by atoms with E-state index in [2.05, 4.69) is 0 Å². The Bertz CT molecular complexity index is 439. The van der Waals surface area contributed by atoms with Crippen LogP contribution in [0.5, 0.6) is 0 Å². The molecule has 1 N–H and O–H groups in total. The van der Waals surface area contributed by atoms with E-state index in [1.807, 2.05) is 0 Å². The highest BCUT2D eigenvalue weighted by Crippen LogP contribution is 2.44. The van der Waals surface area contributed by atoms with Crippen LogP contribution in [0.25, 0.3) is 0 Å². The van der Waals surface area contributed by atoms with Gasteiger partial charge in [-0.15, -0.1) is 0 Å². The lowest BCUT2D eigenvalue weighted by Crippen LogP contribution is -2.49. The van der Waals surface area contributed by atoms with Crippen LogP contribution in [0.3, 0.4) is 0 Å². The first-order valence-corrected chi connectivity index (χ1v) is 7.47. The van der Waals surface area contributed by atoms with Crippen molar-refractivity contribution in [3.63, 3.8) is 0 Å². The van der Waals surface area contributed by atoms with Gasteiger partial charge in [-0.3, -0.25) is 0 Å². The number of aliphatic hydroxyl groups is 1. The summed E-state index contributed by atoms with van der Waals surface area (Å²) < 4.78 is 22.1. The number of esters is 1. The summed E-state index contributed by atoms with van der Waals surface area (Å²) in [7, 11) is 2.76. The highest BCUT2D eigenvalue weighted by atomic mass is 16.8. The minimum Gasteiger partial charge on any atom is -0.466 e. The summed E-state index contributed by atoms with van der Waals surface area (Å²) in [4.78, 5) is 11.9. The molecule has 118 valence electrons. The quantitative estimate of drug-likeness (QED) is 0.764. The van der Waals surface area contributed by atoms with E-state index >= 15 is 0 Å². The zero-order valence-corrected chi connectivity index (χ0v) is 12.4. The van der Waals surface area contributed by atoms with E-state index in [0.717, 1.165) is 25.7 Å². The minimum atomic E-state index is -0.944. The Balaban J connectivity index is 1.87. The van der Waals surface area contributed by atoms with E-state index in [0.29, 0.717) is 5.57 Å². The number of hydrogen-bond acceptors (Lipinski definition) is 6. The van der Waals surface area contributed by atoms with Crippen LogP contribution < -0.4 is 0 Å². The maximum Gasteiger partial charge on any atom is 0.336 e. The van der Waals surface area contributed by atoms with Crippen LogP contribution in [-0.4, -0.2) is 55.5 Å². The van der Waals surface area contributed by atoms with E-state index in [-0.39, 0.29) is 0 Å². The molecule has 0 radical (unpaired) electrons. The number of methoxy groups -OCH3 is 2. The largest absolute Gasteiger partial charge is 0.466 e. The fraction of sp³-hybridized carbons (Fsp3) is 0.800. The molecule has 3 aliphatic rings. The van der Waals surface area contributed by atoms with Gasteiger partial charge >= 0.3 is 5.97 Å². The normalized spacial score (nSPS) is 38.0. The van der Waals surface area contributed by atoms with Crippen molar-refractivity contribution in [2.45, 2.75) is 62.3 Å². The van der Waals surface area contributed by atoms with Crippen LogP contribution in [-0.2, 0) is 23.7 Å². The zero-order chi connectivity index (χ0) is 15.0. The van der Waals surface area contributed by atoms with E-state index < -0.39 is 36.2 Å². The molecular formula is C15H22O6. The Morgan fingerprint density at radius 3 is 2.62 bits per heavy atom. The van der Waals surface area contributed by atoms with E-state index in [9.17, 15) is 9.90 Å². The first-order valence-electron chi connectivity index (χ1n) is 7.47. The van der Waals surface area contributed by atoms with Gasteiger partial charge < -0.3 is 24.1 Å². The summed E-state index contributed by atoms with van der Waals surface area (Å²) in [6.45, 7) is 0. The van der Waals surface area contributed by atoms with Crippen molar-refractivity contribution in [2.24, 2.45) is 0 Å². The topological polar surface area (TPSA) is 74.2 Å². The molecule has 0 aromatic heterocycles. The Hall–Kier alpha value is -0.950. The molecule has 6 heteroatoms. The van der Waals surface area contributed by atoms with Gasteiger partial charge in [-0.1, -0.05) is 6.42 Å². The van der Waals surface area contributed by atoms with Crippen molar-refractivity contribution in [3.05, 3.63) is 11.6 Å². The highest BCUT2D eigenvalue weighted by Gasteiger charge is 2.54. The molecule has 6 nitrogen and oxygen atoms in total. The molecule has 4 atom stereocenters. The Labute approximate surface area is 124 Å². The third kappa shape index (κ3) is 2.50. The molecule has 2 aliphatic carbocycles.